The molecule has 1 N–H and O–H groups in total. The first-order chi connectivity index (χ1) is 14.6. The maximum Gasteiger partial charge on any atom is 0.416 e. The number of alkyl halides is 3. The van der Waals surface area contributed by atoms with Crippen LogP contribution >= 0.6 is 0 Å². The number of amides is 1. The molecule has 2 rings (SSSR count). The zero-order valence-electron chi connectivity index (χ0n) is 18.1. The van der Waals surface area contributed by atoms with Gasteiger partial charge >= 0.3 is 6.18 Å². The van der Waals surface area contributed by atoms with Crippen molar-refractivity contribution in [2.75, 3.05) is 32.6 Å². The number of aromatic nitrogens is 1. The molecule has 168 valence electrons. The maximum atomic E-state index is 13.2. The van der Waals surface area contributed by atoms with E-state index >= 15 is 0 Å². The van der Waals surface area contributed by atoms with Crippen LogP contribution in [0.25, 0.3) is 0 Å². The smallest absolute Gasteiger partial charge is 0.385 e. The number of carbonyl (C=O) groups is 1. The highest BCUT2D eigenvalue weighted by molar-refractivity contribution is 5.93. The van der Waals surface area contributed by atoms with Gasteiger partial charge in [-0.1, -0.05) is 18.2 Å². The molecule has 1 aromatic heterocycles. The van der Waals surface area contributed by atoms with Gasteiger partial charge in [-0.2, -0.15) is 18.4 Å². The quantitative estimate of drug-likeness (QED) is 0.601. The number of methoxy groups -OCH3 is 1. The summed E-state index contributed by atoms with van der Waals surface area (Å²) in [5, 5.41) is 12.3. The van der Waals surface area contributed by atoms with E-state index in [4.69, 9.17) is 4.74 Å². The summed E-state index contributed by atoms with van der Waals surface area (Å²) in [5.74, 6) is -0.00308. The summed E-state index contributed by atoms with van der Waals surface area (Å²) in [6.07, 6.45) is -3.76. The second-order valence-corrected chi connectivity index (χ2v) is 7.42. The third-order valence-corrected chi connectivity index (χ3v) is 5.11. The highest BCUT2D eigenvalue weighted by atomic mass is 19.4. The summed E-state index contributed by atoms with van der Waals surface area (Å²) in [7, 11) is 3.18. The lowest BCUT2D eigenvalue weighted by Crippen LogP contribution is -2.31. The van der Waals surface area contributed by atoms with E-state index < -0.39 is 17.6 Å². The third-order valence-electron chi connectivity index (χ3n) is 5.11. The molecule has 31 heavy (non-hydrogen) atoms. The van der Waals surface area contributed by atoms with Gasteiger partial charge in [0.05, 0.1) is 17.7 Å². The van der Waals surface area contributed by atoms with Crippen LogP contribution in [0.5, 0.6) is 0 Å². The number of nitriles is 1. The molecule has 0 unspecified atom stereocenters. The fourth-order valence-electron chi connectivity index (χ4n) is 3.48. The lowest BCUT2D eigenvalue weighted by Gasteiger charge is -2.20. The van der Waals surface area contributed by atoms with E-state index in [1.54, 1.807) is 14.2 Å². The van der Waals surface area contributed by atoms with Gasteiger partial charge in [-0.15, -0.1) is 0 Å². The fraction of sp³-hybridized carbons (Fsp3) is 0.455. The second kappa shape index (κ2) is 10.5. The fourth-order valence-corrected chi connectivity index (χ4v) is 3.48. The van der Waals surface area contributed by atoms with Crippen LogP contribution in [-0.4, -0.2) is 42.7 Å². The first kappa shape index (κ1) is 24.4. The summed E-state index contributed by atoms with van der Waals surface area (Å²) in [6, 6.07) is 7.44. The summed E-state index contributed by atoms with van der Waals surface area (Å²) in [6.45, 7) is 4.62. The summed E-state index contributed by atoms with van der Waals surface area (Å²) < 4.78 is 46.6. The predicted molar refractivity (Wildman–Crippen MR) is 112 cm³/mol. The van der Waals surface area contributed by atoms with Gasteiger partial charge in [-0.3, -0.25) is 9.69 Å². The summed E-state index contributed by atoms with van der Waals surface area (Å²) in [5.41, 5.74) is 1.41. The molecule has 0 atom stereocenters. The Morgan fingerprint density at radius 3 is 2.58 bits per heavy atom. The molecule has 0 radical (unpaired) electrons. The van der Waals surface area contributed by atoms with E-state index in [1.807, 2.05) is 18.4 Å². The van der Waals surface area contributed by atoms with Crippen LogP contribution in [0.15, 0.2) is 24.3 Å². The minimum absolute atomic E-state index is 0.0406. The van der Waals surface area contributed by atoms with Crippen molar-refractivity contribution in [3.8, 4) is 6.07 Å². The van der Waals surface area contributed by atoms with Crippen molar-refractivity contribution >= 4 is 11.7 Å². The SMILES string of the molecule is COCCCn1c(C)c(C)c(C#N)c1NC(=O)CN(C)Cc1ccccc1C(F)(F)F. The average molecular weight is 436 g/mol. The van der Waals surface area contributed by atoms with Crippen LogP contribution in [0.4, 0.5) is 19.0 Å². The van der Waals surface area contributed by atoms with Crippen molar-refractivity contribution in [1.29, 1.82) is 5.26 Å². The number of ether oxygens (including phenoxy) is 1. The molecule has 9 heteroatoms. The van der Waals surface area contributed by atoms with E-state index in [-0.39, 0.29) is 18.7 Å². The van der Waals surface area contributed by atoms with Gasteiger partial charge in [0, 0.05) is 32.5 Å². The average Bonchev–Trinajstić information content (AvgIpc) is 2.91. The molecule has 0 fully saturated rings. The molecule has 0 aliphatic rings. The standard InChI is InChI=1S/C22H27F3N4O2/c1-15-16(2)29(10-7-11-31-4)21(18(15)12-26)27-20(30)14-28(3)13-17-8-5-6-9-19(17)22(23,24)25/h5-6,8-9H,7,10-11,13-14H2,1-4H3,(H,27,30). The summed E-state index contributed by atoms with van der Waals surface area (Å²) >= 11 is 0. The van der Waals surface area contributed by atoms with Gasteiger partial charge in [-0.05, 0) is 44.5 Å². The number of benzene rings is 1. The molecule has 1 amide bonds. The molecule has 1 aromatic carbocycles. The molecule has 2 aromatic rings. The molecule has 0 saturated carbocycles. The van der Waals surface area contributed by atoms with Crippen LogP contribution in [0.1, 0.15) is 34.4 Å². The number of carbonyl (C=O) groups excluding carboxylic acids is 1. The number of hydrogen-bond acceptors (Lipinski definition) is 4. The number of nitrogens with one attached hydrogen (secondary N) is 1. The van der Waals surface area contributed by atoms with Crippen molar-refractivity contribution in [2.45, 2.75) is 39.5 Å². The van der Waals surface area contributed by atoms with Crippen LogP contribution in [0.2, 0.25) is 0 Å². The van der Waals surface area contributed by atoms with Crippen LogP contribution in [-0.2, 0) is 28.8 Å². The highest BCUT2D eigenvalue weighted by Crippen LogP contribution is 2.32. The van der Waals surface area contributed by atoms with Crippen molar-refractivity contribution in [3.63, 3.8) is 0 Å². The predicted octanol–water partition coefficient (Wildman–Crippen LogP) is 4.10. The lowest BCUT2D eigenvalue weighted by molar-refractivity contribution is -0.138. The van der Waals surface area contributed by atoms with Crippen LogP contribution in [0, 0.1) is 25.2 Å². The first-order valence-electron chi connectivity index (χ1n) is 9.82. The lowest BCUT2D eigenvalue weighted by atomic mass is 10.1. The maximum absolute atomic E-state index is 13.2. The van der Waals surface area contributed by atoms with Gasteiger partial charge in [0.25, 0.3) is 0 Å². The van der Waals surface area contributed by atoms with Crippen LogP contribution in [0.3, 0.4) is 0 Å². The molecular formula is C22H27F3N4O2. The Hall–Kier alpha value is -2.83. The molecule has 6 nitrogen and oxygen atoms in total. The second-order valence-electron chi connectivity index (χ2n) is 7.42. The highest BCUT2D eigenvalue weighted by Gasteiger charge is 2.33. The topological polar surface area (TPSA) is 70.3 Å². The third kappa shape index (κ3) is 6.09. The molecule has 0 saturated heterocycles. The van der Waals surface area contributed by atoms with Crippen molar-refractivity contribution in [1.82, 2.24) is 9.47 Å². The number of likely N-dealkylation sites (N-methyl/N-ethyl adjacent to an activating group) is 1. The van der Waals surface area contributed by atoms with Crippen molar-refractivity contribution < 1.29 is 22.7 Å². The zero-order valence-corrected chi connectivity index (χ0v) is 18.1. The largest absolute Gasteiger partial charge is 0.416 e. The monoisotopic (exact) mass is 436 g/mol. The van der Waals surface area contributed by atoms with Crippen molar-refractivity contribution in [3.05, 3.63) is 52.2 Å². The molecule has 0 aliphatic heterocycles. The van der Waals surface area contributed by atoms with Gasteiger partial charge in [0.2, 0.25) is 5.91 Å². The number of halogens is 3. The van der Waals surface area contributed by atoms with Gasteiger partial charge < -0.3 is 14.6 Å². The number of nitrogens with zero attached hydrogens (tertiary/aromatic N) is 3. The minimum Gasteiger partial charge on any atom is -0.385 e. The molecular weight excluding hydrogens is 409 g/mol. The van der Waals surface area contributed by atoms with Gasteiger partial charge in [0.15, 0.2) is 0 Å². The van der Waals surface area contributed by atoms with E-state index in [0.717, 1.165) is 17.3 Å². The van der Waals surface area contributed by atoms with Crippen LogP contribution < -0.4 is 5.32 Å². The summed E-state index contributed by atoms with van der Waals surface area (Å²) in [4.78, 5) is 14.1. The number of rotatable bonds is 9. The van der Waals surface area contributed by atoms with E-state index in [2.05, 4.69) is 11.4 Å². The normalized spacial score (nSPS) is 11.6. The molecule has 1 heterocycles. The molecule has 0 bridgehead atoms. The Morgan fingerprint density at radius 1 is 1.29 bits per heavy atom. The molecule has 0 spiro atoms. The van der Waals surface area contributed by atoms with Gasteiger partial charge in [-0.25, -0.2) is 0 Å². The van der Waals surface area contributed by atoms with E-state index in [9.17, 15) is 23.2 Å². The number of hydrogen-bond donors (Lipinski definition) is 1. The molecule has 0 aliphatic carbocycles. The minimum atomic E-state index is -4.46. The van der Waals surface area contributed by atoms with E-state index in [0.29, 0.717) is 31.0 Å². The zero-order chi connectivity index (χ0) is 23.2. The van der Waals surface area contributed by atoms with Gasteiger partial charge in [0.1, 0.15) is 11.9 Å². The Kier molecular flexibility index (Phi) is 8.25. The Bertz CT molecular complexity index is 961. The number of anilines is 1. The Labute approximate surface area is 180 Å². The Morgan fingerprint density at radius 2 is 1.97 bits per heavy atom. The van der Waals surface area contributed by atoms with Crippen molar-refractivity contribution in [2.24, 2.45) is 0 Å². The first-order valence-corrected chi connectivity index (χ1v) is 9.82. The van der Waals surface area contributed by atoms with E-state index in [1.165, 1.54) is 23.1 Å². The Balaban J connectivity index is 2.14.